The van der Waals surface area contributed by atoms with Gasteiger partial charge in [0.15, 0.2) is 5.36 Å². The molecule has 136 valence electrons. The van der Waals surface area contributed by atoms with Crippen LogP contribution in [0.3, 0.4) is 0 Å². The topological polar surface area (TPSA) is 82.9 Å². The molecule has 0 aliphatic carbocycles. The largest absolute Gasteiger partial charge is 0.287 e. The zero-order valence-electron chi connectivity index (χ0n) is 15.4. The summed E-state index contributed by atoms with van der Waals surface area (Å²) in [4.78, 5) is 24.7. The molecule has 0 amide bonds. The Bertz CT molecular complexity index is 1210. The highest BCUT2D eigenvalue weighted by Gasteiger charge is 2.02. The number of anilines is 2. The summed E-state index contributed by atoms with van der Waals surface area (Å²) in [5.74, 6) is 0. The molecule has 0 spiro atoms. The maximum Gasteiger partial charge on any atom is 0.237 e. The van der Waals surface area contributed by atoms with E-state index >= 15 is 0 Å². The van der Waals surface area contributed by atoms with Gasteiger partial charge < -0.3 is 0 Å². The third kappa shape index (κ3) is 4.17. The Balaban J connectivity index is 2.00. The van der Waals surface area contributed by atoms with Crippen molar-refractivity contribution in [3.63, 3.8) is 0 Å². The molecular formula is C21H20N4O2. The van der Waals surface area contributed by atoms with Crippen LogP contribution in [-0.2, 0) is 0 Å². The van der Waals surface area contributed by atoms with Crippen molar-refractivity contribution in [2.24, 2.45) is 10.2 Å². The van der Waals surface area contributed by atoms with Crippen molar-refractivity contribution < 1.29 is 0 Å². The predicted molar refractivity (Wildman–Crippen MR) is 107 cm³/mol. The van der Waals surface area contributed by atoms with Gasteiger partial charge in [-0.1, -0.05) is 30.3 Å². The first kappa shape index (κ1) is 18.3. The van der Waals surface area contributed by atoms with Crippen molar-refractivity contribution in [3.8, 4) is 0 Å². The highest BCUT2D eigenvalue weighted by molar-refractivity contribution is 5.52. The summed E-state index contributed by atoms with van der Waals surface area (Å²) in [7, 11) is 0. The molecule has 0 aliphatic rings. The van der Waals surface area contributed by atoms with Crippen LogP contribution in [0.1, 0.15) is 16.7 Å². The lowest BCUT2D eigenvalue weighted by atomic mass is 10.1. The van der Waals surface area contributed by atoms with Crippen LogP contribution in [0.4, 0.5) is 11.4 Å². The predicted octanol–water partition coefficient (Wildman–Crippen LogP) is 2.06. The van der Waals surface area contributed by atoms with Crippen molar-refractivity contribution in [3.05, 3.63) is 102 Å². The van der Waals surface area contributed by atoms with Gasteiger partial charge in [-0.3, -0.25) is 20.4 Å². The van der Waals surface area contributed by atoms with E-state index in [1.54, 1.807) is 0 Å². The Morgan fingerprint density at radius 1 is 0.741 bits per heavy atom. The van der Waals surface area contributed by atoms with E-state index in [0.29, 0.717) is 0 Å². The summed E-state index contributed by atoms with van der Waals surface area (Å²) < 4.78 is 0. The van der Waals surface area contributed by atoms with Gasteiger partial charge in [-0.2, -0.15) is 10.2 Å². The molecule has 0 heterocycles. The van der Waals surface area contributed by atoms with Crippen molar-refractivity contribution in [1.29, 1.82) is 0 Å². The summed E-state index contributed by atoms with van der Waals surface area (Å²) >= 11 is 0. The molecule has 0 saturated carbocycles. The second kappa shape index (κ2) is 7.78. The maximum absolute atomic E-state index is 12.6. The number of rotatable bonds is 4. The highest BCUT2D eigenvalue weighted by atomic mass is 16.1. The van der Waals surface area contributed by atoms with Crippen LogP contribution in [0, 0.1) is 20.8 Å². The van der Waals surface area contributed by atoms with Gasteiger partial charge in [-0.15, -0.1) is 0 Å². The van der Waals surface area contributed by atoms with E-state index in [9.17, 15) is 9.59 Å². The van der Waals surface area contributed by atoms with E-state index < -0.39 is 10.9 Å². The Hall–Kier alpha value is -3.54. The fourth-order valence-corrected chi connectivity index (χ4v) is 2.53. The van der Waals surface area contributed by atoms with Gasteiger partial charge in [0.1, 0.15) is 5.36 Å². The minimum atomic E-state index is -0.526. The van der Waals surface area contributed by atoms with Crippen LogP contribution in [0.2, 0.25) is 0 Å². The number of benzene rings is 3. The highest BCUT2D eigenvalue weighted by Crippen LogP contribution is 2.15. The molecule has 6 nitrogen and oxygen atoms in total. The van der Waals surface area contributed by atoms with E-state index in [2.05, 4.69) is 21.1 Å². The maximum atomic E-state index is 12.6. The molecule has 27 heavy (non-hydrogen) atoms. The number of hydrogen-bond acceptors (Lipinski definition) is 6. The molecule has 3 aromatic carbocycles. The first-order valence-corrected chi connectivity index (χ1v) is 8.53. The van der Waals surface area contributed by atoms with Crippen LogP contribution < -0.4 is 32.4 Å². The molecule has 0 atom stereocenters. The SMILES string of the molecule is Cc1ccc(C)c(N/N=c2\ccc(=O)/c(=N/Nc3ccccc3C)c2=O)c1. The molecule has 2 N–H and O–H groups in total. The Morgan fingerprint density at radius 3 is 2.22 bits per heavy atom. The van der Waals surface area contributed by atoms with Gasteiger partial charge in [-0.05, 0) is 61.7 Å². The smallest absolute Gasteiger partial charge is 0.237 e. The fraction of sp³-hybridized carbons (Fsp3) is 0.143. The third-order valence-corrected chi connectivity index (χ3v) is 4.20. The molecule has 3 rings (SSSR count). The van der Waals surface area contributed by atoms with E-state index in [1.165, 1.54) is 12.1 Å². The molecule has 0 aliphatic heterocycles. The standard InChI is InChI=1S/C21H20N4O2/c1-13-8-9-15(3)18(12-13)24-23-17-10-11-19(26)20(21(17)27)25-22-16-7-5-4-6-14(16)2/h4-12,22,24H,1-3H3/b23-17+,25-20-. The average Bonchev–Trinajstić information content (AvgIpc) is 2.65. The second-order valence-corrected chi connectivity index (χ2v) is 6.34. The van der Waals surface area contributed by atoms with E-state index in [4.69, 9.17) is 0 Å². The number of nitrogens with zero attached hydrogens (tertiary/aromatic N) is 2. The van der Waals surface area contributed by atoms with Gasteiger partial charge in [0.2, 0.25) is 10.9 Å². The third-order valence-electron chi connectivity index (χ3n) is 4.20. The van der Waals surface area contributed by atoms with Gasteiger partial charge in [0, 0.05) is 0 Å². The van der Waals surface area contributed by atoms with Gasteiger partial charge in [0.25, 0.3) is 0 Å². The van der Waals surface area contributed by atoms with Crippen LogP contribution in [0.15, 0.2) is 74.4 Å². The Morgan fingerprint density at radius 2 is 1.44 bits per heavy atom. The van der Waals surface area contributed by atoms with Crippen LogP contribution in [0.25, 0.3) is 0 Å². The second-order valence-electron chi connectivity index (χ2n) is 6.34. The van der Waals surface area contributed by atoms with Crippen molar-refractivity contribution >= 4 is 11.4 Å². The molecule has 0 unspecified atom stereocenters. The van der Waals surface area contributed by atoms with Crippen LogP contribution in [0.5, 0.6) is 0 Å². The first-order valence-electron chi connectivity index (χ1n) is 8.53. The first-order chi connectivity index (χ1) is 13.0. The monoisotopic (exact) mass is 360 g/mol. The van der Waals surface area contributed by atoms with Gasteiger partial charge in [-0.25, -0.2) is 0 Å². The molecule has 0 bridgehead atoms. The average molecular weight is 360 g/mol. The molecule has 0 fully saturated rings. The number of aryl methyl sites for hydroxylation is 3. The Kier molecular flexibility index (Phi) is 5.26. The fourth-order valence-electron chi connectivity index (χ4n) is 2.53. The molecular weight excluding hydrogens is 340 g/mol. The number of para-hydroxylation sites is 1. The normalized spacial score (nSPS) is 12.3. The van der Waals surface area contributed by atoms with Crippen LogP contribution in [-0.4, -0.2) is 0 Å². The summed E-state index contributed by atoms with van der Waals surface area (Å²) in [6.07, 6.45) is 0. The van der Waals surface area contributed by atoms with E-state index in [-0.39, 0.29) is 10.7 Å². The van der Waals surface area contributed by atoms with Crippen molar-refractivity contribution in [2.75, 3.05) is 10.9 Å². The Labute approximate surface area is 156 Å². The van der Waals surface area contributed by atoms with Crippen molar-refractivity contribution in [1.82, 2.24) is 0 Å². The summed E-state index contributed by atoms with van der Waals surface area (Å²) in [6.45, 7) is 5.83. The van der Waals surface area contributed by atoms with Crippen LogP contribution >= 0.6 is 0 Å². The summed E-state index contributed by atoms with van der Waals surface area (Å²) in [5, 5.41) is 8.12. The number of nitrogens with one attached hydrogen (secondary N) is 2. The zero-order chi connectivity index (χ0) is 19.4. The minimum absolute atomic E-state index is 0.126. The number of hydrogen-bond donors (Lipinski definition) is 2. The molecule has 0 aromatic heterocycles. The van der Waals surface area contributed by atoms with E-state index in [1.807, 2.05) is 63.2 Å². The molecule has 0 saturated heterocycles. The molecule has 3 aromatic rings. The van der Waals surface area contributed by atoms with Crippen molar-refractivity contribution in [2.45, 2.75) is 20.8 Å². The van der Waals surface area contributed by atoms with Gasteiger partial charge >= 0.3 is 0 Å². The summed E-state index contributed by atoms with van der Waals surface area (Å²) in [5.41, 5.74) is 9.28. The zero-order valence-corrected chi connectivity index (χ0v) is 15.4. The molecule has 0 radical (unpaired) electrons. The quantitative estimate of drug-likeness (QED) is 0.698. The molecule has 6 heteroatoms. The minimum Gasteiger partial charge on any atom is -0.287 e. The summed E-state index contributed by atoms with van der Waals surface area (Å²) in [6, 6.07) is 16.1. The lowest BCUT2D eigenvalue weighted by molar-refractivity contribution is 1.10. The lowest BCUT2D eigenvalue weighted by Gasteiger charge is -2.05. The van der Waals surface area contributed by atoms with Gasteiger partial charge in [0.05, 0.1) is 11.4 Å². The van der Waals surface area contributed by atoms with E-state index in [0.717, 1.165) is 28.1 Å². The lowest BCUT2D eigenvalue weighted by Crippen LogP contribution is -2.48.